The van der Waals surface area contributed by atoms with Crippen molar-refractivity contribution in [1.82, 2.24) is 5.01 Å². The number of alkyl halides is 3. The van der Waals surface area contributed by atoms with Gasteiger partial charge in [-0.05, 0) is 24.7 Å². The highest BCUT2D eigenvalue weighted by Gasteiger charge is 2.62. The van der Waals surface area contributed by atoms with Gasteiger partial charge < -0.3 is 10.8 Å². The maximum Gasteiger partial charge on any atom is 0.438 e. The summed E-state index contributed by atoms with van der Waals surface area (Å²) in [5, 5.41) is 13.2. The zero-order valence-electron chi connectivity index (χ0n) is 10.5. The molecule has 1 heterocycles. The third kappa shape index (κ3) is 2.36. The molecule has 0 saturated carbocycles. The van der Waals surface area contributed by atoms with E-state index in [2.05, 4.69) is 17.3 Å². The summed E-state index contributed by atoms with van der Waals surface area (Å²) in [6, 6.07) is 6.75. The second-order valence-corrected chi connectivity index (χ2v) is 4.97. The van der Waals surface area contributed by atoms with Crippen LogP contribution in [0.2, 0.25) is 0 Å². The summed E-state index contributed by atoms with van der Waals surface area (Å²) >= 11 is 4.53. The summed E-state index contributed by atoms with van der Waals surface area (Å²) in [4.78, 5) is 0. The fourth-order valence-electron chi connectivity index (χ4n) is 1.90. The van der Waals surface area contributed by atoms with Gasteiger partial charge in [-0.25, -0.2) is 0 Å². The highest BCUT2D eigenvalue weighted by molar-refractivity contribution is 7.80. The molecule has 1 aromatic rings. The van der Waals surface area contributed by atoms with Gasteiger partial charge in [-0.1, -0.05) is 29.8 Å². The van der Waals surface area contributed by atoms with Gasteiger partial charge >= 0.3 is 6.18 Å². The molecule has 0 fully saturated rings. The molecule has 0 radical (unpaired) electrons. The molecule has 1 aromatic carbocycles. The average molecular weight is 303 g/mol. The van der Waals surface area contributed by atoms with Crippen LogP contribution in [0.15, 0.2) is 29.4 Å². The highest BCUT2D eigenvalue weighted by Crippen LogP contribution is 2.41. The maximum atomic E-state index is 13.0. The van der Waals surface area contributed by atoms with Crippen molar-refractivity contribution in [3.63, 3.8) is 0 Å². The molecule has 1 aliphatic heterocycles. The fraction of sp³-hybridized carbons (Fsp3) is 0.333. The van der Waals surface area contributed by atoms with Gasteiger partial charge in [0.25, 0.3) is 5.72 Å². The molecule has 0 bridgehead atoms. The zero-order valence-corrected chi connectivity index (χ0v) is 11.3. The third-order valence-electron chi connectivity index (χ3n) is 3.03. The van der Waals surface area contributed by atoms with E-state index in [9.17, 15) is 18.3 Å². The quantitative estimate of drug-likeness (QED) is 0.778. The molecule has 0 aromatic heterocycles. The molecule has 20 heavy (non-hydrogen) atoms. The van der Waals surface area contributed by atoms with Gasteiger partial charge in [-0.3, -0.25) is 0 Å². The van der Waals surface area contributed by atoms with Crippen LogP contribution in [0.4, 0.5) is 13.2 Å². The lowest BCUT2D eigenvalue weighted by Crippen LogP contribution is -2.57. The number of hydrogen-bond acceptors (Lipinski definition) is 3. The van der Waals surface area contributed by atoms with E-state index < -0.39 is 23.4 Å². The first-order chi connectivity index (χ1) is 9.15. The first kappa shape index (κ1) is 14.7. The largest absolute Gasteiger partial charge is 0.438 e. The van der Waals surface area contributed by atoms with E-state index in [4.69, 9.17) is 5.73 Å². The van der Waals surface area contributed by atoms with Crippen molar-refractivity contribution >= 4 is 23.0 Å². The lowest BCUT2D eigenvalue weighted by atomic mass is 10.0. The Kier molecular flexibility index (Phi) is 3.47. The lowest BCUT2D eigenvalue weighted by Gasteiger charge is -2.32. The van der Waals surface area contributed by atoms with Crippen LogP contribution in [0.25, 0.3) is 0 Å². The van der Waals surface area contributed by atoms with E-state index in [1.807, 2.05) is 6.92 Å². The second kappa shape index (κ2) is 4.71. The molecule has 1 atom stereocenters. The van der Waals surface area contributed by atoms with E-state index in [0.717, 1.165) is 5.56 Å². The Bertz CT molecular complexity index is 570. The third-order valence-corrected chi connectivity index (χ3v) is 3.21. The summed E-state index contributed by atoms with van der Waals surface area (Å²) in [5.41, 5.74) is 3.56. The lowest BCUT2D eigenvalue weighted by molar-refractivity contribution is -0.294. The van der Waals surface area contributed by atoms with Crippen molar-refractivity contribution in [1.29, 1.82) is 0 Å². The number of thiocarbonyl (C=S) groups is 1. The predicted octanol–water partition coefficient (Wildman–Crippen LogP) is 1.90. The molecule has 0 aliphatic carbocycles. The number of benzene rings is 1. The molecule has 0 unspecified atom stereocenters. The van der Waals surface area contributed by atoms with Crippen molar-refractivity contribution in [3.05, 3.63) is 35.4 Å². The van der Waals surface area contributed by atoms with Gasteiger partial charge in [0.1, 0.15) is 0 Å². The Morgan fingerprint density at radius 1 is 1.40 bits per heavy atom. The monoisotopic (exact) mass is 303 g/mol. The van der Waals surface area contributed by atoms with Gasteiger partial charge in [-0.15, -0.1) is 0 Å². The van der Waals surface area contributed by atoms with Crippen LogP contribution in [0.1, 0.15) is 17.5 Å². The predicted molar refractivity (Wildman–Crippen MR) is 72.0 cm³/mol. The maximum absolute atomic E-state index is 13.0. The minimum Gasteiger partial charge on any atom is -0.375 e. The molecule has 4 nitrogen and oxygen atoms in total. The standard InChI is InChI=1S/C12H12F3N3OS/c1-7-2-4-8(5-3-7)9-6-11(19,12(13,14)15)18(17-9)10(16)20/h2-5,19H,6H2,1H3,(H2,16,20)/t11-/m1/s1. The van der Waals surface area contributed by atoms with Crippen LogP contribution in [-0.2, 0) is 0 Å². The van der Waals surface area contributed by atoms with Crippen molar-refractivity contribution in [3.8, 4) is 0 Å². The minimum atomic E-state index is -4.92. The summed E-state index contributed by atoms with van der Waals surface area (Å²) in [6.45, 7) is 1.85. The van der Waals surface area contributed by atoms with Crippen molar-refractivity contribution in [2.45, 2.75) is 25.2 Å². The molecule has 1 aliphatic rings. The van der Waals surface area contributed by atoms with Crippen LogP contribution in [0, 0.1) is 6.92 Å². The van der Waals surface area contributed by atoms with Gasteiger partial charge in [0.05, 0.1) is 12.1 Å². The van der Waals surface area contributed by atoms with Crippen molar-refractivity contribution < 1.29 is 18.3 Å². The van der Waals surface area contributed by atoms with Crippen LogP contribution >= 0.6 is 12.2 Å². The highest BCUT2D eigenvalue weighted by atomic mass is 32.1. The average Bonchev–Trinajstić information content (AvgIpc) is 2.69. The van der Waals surface area contributed by atoms with Gasteiger partial charge in [0, 0.05) is 0 Å². The summed E-state index contributed by atoms with van der Waals surface area (Å²) < 4.78 is 39.1. The van der Waals surface area contributed by atoms with Crippen LogP contribution in [0.3, 0.4) is 0 Å². The second-order valence-electron chi connectivity index (χ2n) is 4.55. The molecule has 0 spiro atoms. The molecule has 2 rings (SSSR count). The molecule has 0 amide bonds. The number of rotatable bonds is 1. The molecule has 3 N–H and O–H groups in total. The summed E-state index contributed by atoms with van der Waals surface area (Å²) in [6.07, 6.45) is -5.65. The summed E-state index contributed by atoms with van der Waals surface area (Å²) in [5.74, 6) is 0. The number of aliphatic hydroxyl groups is 1. The number of nitrogens with two attached hydrogens (primary N) is 1. The first-order valence-corrected chi connectivity index (χ1v) is 6.09. The molecule has 8 heteroatoms. The Labute approximate surface area is 118 Å². The number of hydrogen-bond donors (Lipinski definition) is 2. The van der Waals surface area contributed by atoms with E-state index in [1.54, 1.807) is 24.3 Å². The van der Waals surface area contributed by atoms with Crippen LogP contribution in [0.5, 0.6) is 0 Å². The molecular formula is C12H12F3N3OS. The van der Waals surface area contributed by atoms with Crippen LogP contribution < -0.4 is 5.73 Å². The SMILES string of the molecule is Cc1ccc(C2=NN(C(N)=S)[C@](O)(C(F)(F)F)C2)cc1. The van der Waals surface area contributed by atoms with Gasteiger partial charge in [0.15, 0.2) is 5.11 Å². The Morgan fingerprint density at radius 2 is 1.95 bits per heavy atom. The fourth-order valence-corrected chi connectivity index (χ4v) is 2.10. The van der Waals surface area contributed by atoms with E-state index in [-0.39, 0.29) is 10.7 Å². The molecular weight excluding hydrogens is 291 g/mol. The first-order valence-electron chi connectivity index (χ1n) is 5.68. The number of nitrogens with zero attached hydrogens (tertiary/aromatic N) is 2. The minimum absolute atomic E-state index is 0.0811. The van der Waals surface area contributed by atoms with Gasteiger partial charge in [0.2, 0.25) is 0 Å². The molecule has 0 saturated heterocycles. The van der Waals surface area contributed by atoms with Crippen LogP contribution in [-0.4, -0.2) is 32.8 Å². The zero-order chi connectivity index (χ0) is 15.1. The van der Waals surface area contributed by atoms with E-state index >= 15 is 0 Å². The Balaban J connectivity index is 2.42. The Morgan fingerprint density at radius 3 is 2.35 bits per heavy atom. The van der Waals surface area contributed by atoms with Gasteiger partial charge in [-0.2, -0.15) is 23.3 Å². The normalized spacial score (nSPS) is 22.9. The number of halogens is 3. The van der Waals surface area contributed by atoms with E-state index in [0.29, 0.717) is 5.56 Å². The summed E-state index contributed by atoms with van der Waals surface area (Å²) in [7, 11) is 0. The Hall–Kier alpha value is -1.67. The topological polar surface area (TPSA) is 61.8 Å². The number of hydrazone groups is 1. The molecule has 108 valence electrons. The number of aryl methyl sites for hydroxylation is 1. The van der Waals surface area contributed by atoms with Crippen molar-refractivity contribution in [2.75, 3.05) is 0 Å². The van der Waals surface area contributed by atoms with E-state index in [1.165, 1.54) is 0 Å². The smallest absolute Gasteiger partial charge is 0.375 e. The van der Waals surface area contributed by atoms with Crippen molar-refractivity contribution in [2.24, 2.45) is 10.8 Å².